The molecule has 1 unspecified atom stereocenters. The first kappa shape index (κ1) is 19.1. The van der Waals surface area contributed by atoms with Crippen molar-refractivity contribution >= 4 is 0 Å². The molecule has 0 aliphatic rings. The van der Waals surface area contributed by atoms with E-state index in [-0.39, 0.29) is 11.9 Å². The second kappa shape index (κ2) is 8.39. The van der Waals surface area contributed by atoms with Crippen LogP contribution in [0.4, 0.5) is 4.39 Å². The maximum Gasteiger partial charge on any atom is 0.132 e. The van der Waals surface area contributed by atoms with E-state index < -0.39 is 0 Å². The second-order valence-electron chi connectivity index (χ2n) is 7.02. The lowest BCUT2D eigenvalue weighted by molar-refractivity contribution is 0.628. The Morgan fingerprint density at radius 3 is 2.21 bits per heavy atom. The number of benzene rings is 3. The van der Waals surface area contributed by atoms with Crippen LogP contribution in [0.1, 0.15) is 5.56 Å². The summed E-state index contributed by atoms with van der Waals surface area (Å²) in [5, 5.41) is 4.55. The zero-order valence-corrected chi connectivity index (χ0v) is 16.0. The molecule has 1 heterocycles. The largest absolute Gasteiger partial charge is 0.329 e. The molecule has 0 bridgehead atoms. The minimum Gasteiger partial charge on any atom is -0.329 e. The van der Waals surface area contributed by atoms with E-state index in [1.54, 1.807) is 23.0 Å². The van der Waals surface area contributed by atoms with Crippen molar-refractivity contribution in [1.82, 2.24) is 9.78 Å². The fraction of sp³-hybridized carbons (Fsp3) is 0.125. The van der Waals surface area contributed by atoms with Crippen LogP contribution in [0.15, 0.2) is 85.1 Å². The lowest BCUT2D eigenvalue weighted by Crippen LogP contribution is -2.31. The number of hydrogen-bond donors (Lipinski definition) is 2. The average Bonchev–Trinajstić information content (AvgIpc) is 3.18. The number of hydrogen-bond acceptors (Lipinski definition) is 3. The summed E-state index contributed by atoms with van der Waals surface area (Å²) in [5.41, 5.74) is 17.0. The van der Waals surface area contributed by atoms with Crippen LogP contribution in [0, 0.1) is 5.82 Å². The highest BCUT2D eigenvalue weighted by atomic mass is 19.1. The number of nitrogens with two attached hydrogens (primary N) is 2. The van der Waals surface area contributed by atoms with Gasteiger partial charge in [-0.05, 0) is 41.8 Å². The van der Waals surface area contributed by atoms with Crippen LogP contribution in [0.2, 0.25) is 0 Å². The van der Waals surface area contributed by atoms with Crippen LogP contribution in [0.5, 0.6) is 0 Å². The Balaban J connectivity index is 1.78. The monoisotopic (exact) mass is 386 g/mol. The molecule has 4 N–H and O–H groups in total. The molecular weight excluding hydrogens is 363 g/mol. The SMILES string of the molecule is NCC(N)Cc1cnn(-c2ccc(-c3ccccc3)cc2)c1-c1ccccc1F. The smallest absolute Gasteiger partial charge is 0.132 e. The minimum atomic E-state index is -0.294. The topological polar surface area (TPSA) is 69.9 Å². The van der Waals surface area contributed by atoms with Crippen molar-refractivity contribution in [2.24, 2.45) is 11.5 Å². The summed E-state index contributed by atoms with van der Waals surface area (Å²) in [6, 6.07) is 24.7. The van der Waals surface area contributed by atoms with E-state index in [0.717, 1.165) is 22.4 Å². The average molecular weight is 386 g/mol. The summed E-state index contributed by atoms with van der Waals surface area (Å²) in [6.07, 6.45) is 2.28. The highest BCUT2D eigenvalue weighted by Crippen LogP contribution is 2.30. The fourth-order valence-corrected chi connectivity index (χ4v) is 3.46. The van der Waals surface area contributed by atoms with Crippen molar-refractivity contribution in [3.05, 3.63) is 96.4 Å². The molecule has 1 aromatic heterocycles. The van der Waals surface area contributed by atoms with Crippen molar-refractivity contribution in [2.45, 2.75) is 12.5 Å². The van der Waals surface area contributed by atoms with E-state index >= 15 is 0 Å². The molecule has 4 aromatic rings. The Bertz CT molecular complexity index is 1090. The Morgan fingerprint density at radius 2 is 1.52 bits per heavy atom. The van der Waals surface area contributed by atoms with Crippen LogP contribution in [0.25, 0.3) is 28.1 Å². The van der Waals surface area contributed by atoms with Crippen molar-refractivity contribution < 1.29 is 4.39 Å². The van der Waals surface area contributed by atoms with E-state index in [2.05, 4.69) is 17.2 Å². The number of halogens is 1. The summed E-state index contributed by atoms with van der Waals surface area (Å²) in [6.45, 7) is 0.355. The summed E-state index contributed by atoms with van der Waals surface area (Å²) in [4.78, 5) is 0. The van der Waals surface area contributed by atoms with Crippen LogP contribution < -0.4 is 11.5 Å². The van der Waals surface area contributed by atoms with Gasteiger partial charge in [-0.3, -0.25) is 0 Å². The third-order valence-electron chi connectivity index (χ3n) is 4.98. The Morgan fingerprint density at radius 1 is 0.862 bits per heavy atom. The van der Waals surface area contributed by atoms with E-state index in [1.165, 1.54) is 6.07 Å². The van der Waals surface area contributed by atoms with Gasteiger partial charge in [0.1, 0.15) is 5.82 Å². The Labute approximate surface area is 169 Å². The lowest BCUT2D eigenvalue weighted by atomic mass is 10.0. The standard InChI is InChI=1S/C24H23FN4/c25-23-9-5-4-8-22(23)24-19(14-20(27)15-26)16-28-29(24)21-12-10-18(11-13-21)17-6-2-1-3-7-17/h1-13,16,20H,14-15,26-27H2. The van der Waals surface area contributed by atoms with Gasteiger partial charge in [-0.2, -0.15) is 5.10 Å². The molecule has 0 spiro atoms. The highest BCUT2D eigenvalue weighted by molar-refractivity contribution is 5.68. The Kier molecular flexibility index (Phi) is 5.51. The third kappa shape index (κ3) is 3.97. The van der Waals surface area contributed by atoms with E-state index in [0.29, 0.717) is 24.2 Å². The summed E-state index contributed by atoms with van der Waals surface area (Å²) in [5.74, 6) is -0.294. The Hall–Kier alpha value is -3.28. The first-order chi connectivity index (χ1) is 14.2. The molecule has 29 heavy (non-hydrogen) atoms. The van der Waals surface area contributed by atoms with Crippen LogP contribution in [0.3, 0.4) is 0 Å². The lowest BCUT2D eigenvalue weighted by Gasteiger charge is -2.13. The van der Waals surface area contributed by atoms with Gasteiger partial charge in [-0.1, -0.05) is 54.6 Å². The van der Waals surface area contributed by atoms with Gasteiger partial charge in [0, 0.05) is 23.7 Å². The second-order valence-corrected chi connectivity index (χ2v) is 7.02. The normalized spacial score (nSPS) is 12.1. The van der Waals surface area contributed by atoms with Gasteiger partial charge in [0.25, 0.3) is 0 Å². The van der Waals surface area contributed by atoms with Crippen molar-refractivity contribution in [1.29, 1.82) is 0 Å². The molecule has 0 fully saturated rings. The molecule has 0 saturated heterocycles. The first-order valence-corrected chi connectivity index (χ1v) is 9.60. The first-order valence-electron chi connectivity index (χ1n) is 9.60. The molecule has 3 aromatic carbocycles. The summed E-state index contributed by atoms with van der Waals surface area (Å²) in [7, 11) is 0. The molecule has 146 valence electrons. The summed E-state index contributed by atoms with van der Waals surface area (Å²) >= 11 is 0. The molecule has 4 rings (SSSR count). The van der Waals surface area contributed by atoms with Gasteiger partial charge in [0.15, 0.2) is 0 Å². The van der Waals surface area contributed by atoms with Crippen molar-refractivity contribution in [3.63, 3.8) is 0 Å². The van der Waals surface area contributed by atoms with Gasteiger partial charge in [0.2, 0.25) is 0 Å². The fourth-order valence-electron chi connectivity index (χ4n) is 3.46. The van der Waals surface area contributed by atoms with E-state index in [9.17, 15) is 4.39 Å². The van der Waals surface area contributed by atoms with Gasteiger partial charge in [0.05, 0.1) is 17.6 Å². The maximum atomic E-state index is 14.6. The quantitative estimate of drug-likeness (QED) is 0.522. The van der Waals surface area contributed by atoms with E-state index in [1.807, 2.05) is 48.5 Å². The molecule has 0 amide bonds. The summed E-state index contributed by atoms with van der Waals surface area (Å²) < 4.78 is 16.4. The van der Waals surface area contributed by atoms with Gasteiger partial charge >= 0.3 is 0 Å². The minimum absolute atomic E-state index is 0.210. The maximum absolute atomic E-state index is 14.6. The molecule has 4 nitrogen and oxygen atoms in total. The van der Waals surface area contributed by atoms with Crippen LogP contribution in [-0.2, 0) is 6.42 Å². The van der Waals surface area contributed by atoms with Crippen molar-refractivity contribution in [2.75, 3.05) is 6.54 Å². The number of nitrogens with zero attached hydrogens (tertiary/aromatic N) is 2. The third-order valence-corrected chi connectivity index (χ3v) is 4.98. The molecular formula is C24H23FN4. The van der Waals surface area contributed by atoms with Crippen LogP contribution >= 0.6 is 0 Å². The zero-order chi connectivity index (χ0) is 20.2. The number of rotatable bonds is 6. The molecule has 0 aliphatic carbocycles. The predicted octanol–water partition coefficient (Wildman–Crippen LogP) is 4.17. The van der Waals surface area contributed by atoms with Gasteiger partial charge in [-0.25, -0.2) is 9.07 Å². The highest BCUT2D eigenvalue weighted by Gasteiger charge is 2.19. The van der Waals surface area contributed by atoms with Gasteiger partial charge < -0.3 is 11.5 Å². The molecule has 0 aliphatic heterocycles. The van der Waals surface area contributed by atoms with Gasteiger partial charge in [-0.15, -0.1) is 0 Å². The van der Waals surface area contributed by atoms with Crippen molar-refractivity contribution in [3.8, 4) is 28.1 Å². The molecule has 5 heteroatoms. The molecule has 1 atom stereocenters. The van der Waals surface area contributed by atoms with E-state index in [4.69, 9.17) is 11.5 Å². The zero-order valence-electron chi connectivity index (χ0n) is 16.0. The molecule has 0 radical (unpaired) electrons. The number of aromatic nitrogens is 2. The van der Waals surface area contributed by atoms with Crippen LogP contribution in [-0.4, -0.2) is 22.4 Å². The molecule has 0 saturated carbocycles. The predicted molar refractivity (Wildman–Crippen MR) is 115 cm³/mol.